The highest BCUT2D eigenvalue weighted by molar-refractivity contribution is 5.71. The first-order valence-electron chi connectivity index (χ1n) is 5.92. The zero-order valence-corrected chi connectivity index (χ0v) is 10.8. The number of carboxylic acids is 1. The highest BCUT2D eigenvalue weighted by Crippen LogP contribution is 2.19. The number of aliphatic carboxylic acids is 1. The van der Waals surface area contributed by atoms with Crippen LogP contribution in [0.2, 0.25) is 0 Å². The normalized spacial score (nSPS) is 12.3. The monoisotopic (exact) mass is 261 g/mol. The topological polar surface area (TPSA) is 72.6 Å². The van der Waals surface area contributed by atoms with Gasteiger partial charge >= 0.3 is 5.97 Å². The third kappa shape index (κ3) is 3.42. The molecule has 0 saturated heterocycles. The summed E-state index contributed by atoms with van der Waals surface area (Å²) in [6.45, 7) is 3.60. The van der Waals surface area contributed by atoms with Crippen molar-refractivity contribution in [2.75, 3.05) is 0 Å². The SMILES string of the molecule is Cc1ccc(-c2nc(COC(C)C(=O)O)co2)cc1. The van der Waals surface area contributed by atoms with Gasteiger partial charge in [-0.2, -0.15) is 0 Å². The van der Waals surface area contributed by atoms with Gasteiger partial charge in [0.1, 0.15) is 12.0 Å². The molecule has 0 saturated carbocycles. The molecule has 0 spiro atoms. The predicted octanol–water partition coefficient (Wildman–Crippen LogP) is 2.64. The lowest BCUT2D eigenvalue weighted by Gasteiger charge is -2.05. The molecule has 1 N–H and O–H groups in total. The predicted molar refractivity (Wildman–Crippen MR) is 68.6 cm³/mol. The fourth-order valence-corrected chi connectivity index (χ4v) is 1.48. The van der Waals surface area contributed by atoms with Crippen LogP contribution < -0.4 is 0 Å². The number of ether oxygens (including phenoxy) is 1. The molecule has 1 unspecified atom stereocenters. The van der Waals surface area contributed by atoms with Crippen LogP contribution in [0, 0.1) is 6.92 Å². The van der Waals surface area contributed by atoms with Crippen molar-refractivity contribution in [1.29, 1.82) is 0 Å². The van der Waals surface area contributed by atoms with Gasteiger partial charge in [0, 0.05) is 5.56 Å². The molecule has 2 aromatic rings. The number of benzene rings is 1. The summed E-state index contributed by atoms with van der Waals surface area (Å²) in [6, 6.07) is 7.79. The van der Waals surface area contributed by atoms with Gasteiger partial charge in [-0.1, -0.05) is 17.7 Å². The Balaban J connectivity index is 2.03. The molecular weight excluding hydrogens is 246 g/mol. The average molecular weight is 261 g/mol. The van der Waals surface area contributed by atoms with Gasteiger partial charge in [0.25, 0.3) is 0 Å². The molecule has 1 atom stereocenters. The van der Waals surface area contributed by atoms with Crippen LogP contribution in [-0.4, -0.2) is 22.2 Å². The average Bonchev–Trinajstić information content (AvgIpc) is 2.85. The zero-order chi connectivity index (χ0) is 13.8. The van der Waals surface area contributed by atoms with Gasteiger partial charge in [0.15, 0.2) is 6.10 Å². The van der Waals surface area contributed by atoms with Crippen LogP contribution >= 0.6 is 0 Å². The number of aryl methyl sites for hydroxylation is 1. The molecule has 5 heteroatoms. The van der Waals surface area contributed by atoms with Gasteiger partial charge in [-0.15, -0.1) is 0 Å². The van der Waals surface area contributed by atoms with E-state index in [0.29, 0.717) is 11.6 Å². The van der Waals surface area contributed by atoms with Crippen LogP contribution in [-0.2, 0) is 16.1 Å². The maximum atomic E-state index is 10.6. The molecule has 2 rings (SSSR count). The molecule has 0 fully saturated rings. The number of rotatable bonds is 5. The second-order valence-corrected chi connectivity index (χ2v) is 4.30. The molecule has 0 bridgehead atoms. The largest absolute Gasteiger partial charge is 0.479 e. The Kier molecular flexibility index (Phi) is 3.97. The fourth-order valence-electron chi connectivity index (χ4n) is 1.48. The molecule has 19 heavy (non-hydrogen) atoms. The Morgan fingerprint density at radius 1 is 1.42 bits per heavy atom. The van der Waals surface area contributed by atoms with Gasteiger partial charge in [0.2, 0.25) is 5.89 Å². The molecule has 0 aliphatic heterocycles. The van der Waals surface area contributed by atoms with E-state index in [1.165, 1.54) is 13.2 Å². The second-order valence-electron chi connectivity index (χ2n) is 4.30. The zero-order valence-electron chi connectivity index (χ0n) is 10.8. The van der Waals surface area contributed by atoms with Crippen molar-refractivity contribution in [2.24, 2.45) is 0 Å². The lowest BCUT2D eigenvalue weighted by molar-refractivity contribution is -0.149. The van der Waals surface area contributed by atoms with Crippen molar-refractivity contribution in [1.82, 2.24) is 4.98 Å². The maximum Gasteiger partial charge on any atom is 0.332 e. The first-order chi connectivity index (χ1) is 9.06. The van der Waals surface area contributed by atoms with Gasteiger partial charge < -0.3 is 14.3 Å². The van der Waals surface area contributed by atoms with E-state index in [0.717, 1.165) is 11.1 Å². The van der Waals surface area contributed by atoms with E-state index < -0.39 is 12.1 Å². The van der Waals surface area contributed by atoms with Crippen LogP contribution in [0.4, 0.5) is 0 Å². The van der Waals surface area contributed by atoms with Crippen LogP contribution in [0.5, 0.6) is 0 Å². The first kappa shape index (κ1) is 13.3. The van der Waals surface area contributed by atoms with E-state index in [1.807, 2.05) is 31.2 Å². The van der Waals surface area contributed by atoms with E-state index in [4.69, 9.17) is 14.3 Å². The summed E-state index contributed by atoms with van der Waals surface area (Å²) in [6.07, 6.45) is 0.614. The van der Waals surface area contributed by atoms with Crippen LogP contribution in [0.15, 0.2) is 34.9 Å². The Morgan fingerprint density at radius 3 is 2.74 bits per heavy atom. The van der Waals surface area contributed by atoms with E-state index in [9.17, 15) is 4.79 Å². The second kappa shape index (κ2) is 5.67. The molecule has 0 radical (unpaired) electrons. The Hall–Kier alpha value is -2.14. The summed E-state index contributed by atoms with van der Waals surface area (Å²) in [7, 11) is 0. The summed E-state index contributed by atoms with van der Waals surface area (Å²) in [5.74, 6) is -0.496. The third-order valence-electron chi connectivity index (χ3n) is 2.68. The summed E-state index contributed by atoms with van der Waals surface area (Å²) in [5, 5.41) is 8.70. The van der Waals surface area contributed by atoms with E-state index in [-0.39, 0.29) is 6.61 Å². The van der Waals surface area contributed by atoms with Crippen molar-refractivity contribution in [2.45, 2.75) is 26.6 Å². The molecule has 100 valence electrons. The molecule has 0 aliphatic rings. The van der Waals surface area contributed by atoms with E-state index in [2.05, 4.69) is 4.98 Å². The minimum absolute atomic E-state index is 0.114. The van der Waals surface area contributed by atoms with E-state index >= 15 is 0 Å². The molecular formula is C14H15NO4. The van der Waals surface area contributed by atoms with Gasteiger partial charge in [-0.05, 0) is 26.0 Å². The molecule has 0 amide bonds. The number of hydrogen-bond acceptors (Lipinski definition) is 4. The summed E-state index contributed by atoms with van der Waals surface area (Å²) in [4.78, 5) is 14.9. The van der Waals surface area contributed by atoms with Crippen molar-refractivity contribution in [3.63, 3.8) is 0 Å². The quantitative estimate of drug-likeness (QED) is 0.895. The summed E-state index contributed by atoms with van der Waals surface area (Å²) >= 11 is 0. The van der Waals surface area contributed by atoms with Gasteiger partial charge in [-0.3, -0.25) is 0 Å². The Bertz CT molecular complexity index is 559. The summed E-state index contributed by atoms with van der Waals surface area (Å²) < 4.78 is 10.5. The van der Waals surface area contributed by atoms with Crippen molar-refractivity contribution in [3.05, 3.63) is 41.8 Å². The van der Waals surface area contributed by atoms with Crippen LogP contribution in [0.3, 0.4) is 0 Å². The summed E-state index contributed by atoms with van der Waals surface area (Å²) in [5.41, 5.74) is 2.61. The third-order valence-corrected chi connectivity index (χ3v) is 2.68. The molecule has 1 aromatic carbocycles. The lowest BCUT2D eigenvalue weighted by atomic mass is 10.1. The molecule has 1 aromatic heterocycles. The highest BCUT2D eigenvalue weighted by atomic mass is 16.5. The highest BCUT2D eigenvalue weighted by Gasteiger charge is 2.13. The minimum atomic E-state index is -0.998. The van der Waals surface area contributed by atoms with Crippen molar-refractivity contribution in [3.8, 4) is 11.5 Å². The molecule has 1 heterocycles. The molecule has 5 nitrogen and oxygen atoms in total. The Labute approximate surface area is 110 Å². The number of hydrogen-bond donors (Lipinski definition) is 1. The van der Waals surface area contributed by atoms with Gasteiger partial charge in [-0.25, -0.2) is 9.78 Å². The van der Waals surface area contributed by atoms with Crippen molar-refractivity contribution < 1.29 is 19.1 Å². The van der Waals surface area contributed by atoms with Gasteiger partial charge in [0.05, 0.1) is 6.61 Å². The maximum absolute atomic E-state index is 10.6. The standard InChI is InChI=1S/C14H15NO4/c1-9-3-5-11(6-4-9)13-15-12(8-19-13)7-18-10(2)14(16)17/h3-6,8,10H,7H2,1-2H3,(H,16,17). The van der Waals surface area contributed by atoms with E-state index in [1.54, 1.807) is 0 Å². The number of aromatic nitrogens is 1. The number of carboxylic acid groups (broad SMARTS) is 1. The van der Waals surface area contributed by atoms with Crippen LogP contribution in [0.1, 0.15) is 18.2 Å². The molecule has 0 aliphatic carbocycles. The smallest absolute Gasteiger partial charge is 0.332 e. The van der Waals surface area contributed by atoms with Crippen LogP contribution in [0.25, 0.3) is 11.5 Å². The lowest BCUT2D eigenvalue weighted by Crippen LogP contribution is -2.19. The number of nitrogens with zero attached hydrogens (tertiary/aromatic N) is 1. The fraction of sp³-hybridized carbons (Fsp3) is 0.286. The Morgan fingerprint density at radius 2 is 2.11 bits per heavy atom. The number of carbonyl (C=O) groups is 1. The number of oxazole rings is 1. The first-order valence-corrected chi connectivity index (χ1v) is 5.92. The minimum Gasteiger partial charge on any atom is -0.479 e. The van der Waals surface area contributed by atoms with Crippen molar-refractivity contribution >= 4 is 5.97 Å².